The molecule has 1 fully saturated rings. The van der Waals surface area contributed by atoms with Crippen molar-refractivity contribution in [2.24, 2.45) is 5.92 Å². The van der Waals surface area contributed by atoms with Gasteiger partial charge in [0.25, 0.3) is 0 Å². The maximum Gasteiger partial charge on any atom is 0.306 e. The van der Waals surface area contributed by atoms with Crippen molar-refractivity contribution in [1.29, 1.82) is 0 Å². The molecule has 3 rings (SSSR count). The summed E-state index contributed by atoms with van der Waals surface area (Å²) in [7, 11) is 0. The minimum absolute atomic E-state index is 0.136. The van der Waals surface area contributed by atoms with E-state index in [1.165, 1.54) is 10.9 Å². The van der Waals surface area contributed by atoms with Gasteiger partial charge in [0, 0.05) is 17.6 Å². The zero-order valence-electron chi connectivity index (χ0n) is 12.7. The third kappa shape index (κ3) is 3.63. The quantitative estimate of drug-likeness (QED) is 0.890. The number of carbonyl (C=O) groups is 1. The lowest BCUT2D eigenvalue weighted by Crippen LogP contribution is -2.36. The number of pyridine rings is 1. The number of aliphatic carboxylic acids is 1. The molecule has 0 atom stereocenters. The van der Waals surface area contributed by atoms with Gasteiger partial charge in [-0.15, -0.1) is 0 Å². The molecule has 4 heteroatoms. The number of nitrogens with one attached hydrogen (secondary N) is 1. The Morgan fingerprint density at radius 1 is 1.23 bits per heavy atom. The zero-order valence-corrected chi connectivity index (χ0v) is 12.7. The summed E-state index contributed by atoms with van der Waals surface area (Å²) in [6.07, 6.45) is 6.43. The van der Waals surface area contributed by atoms with Gasteiger partial charge in [0.2, 0.25) is 0 Å². The fraction of sp³-hybridized carbons (Fsp3) is 0.444. The van der Waals surface area contributed by atoms with Crippen LogP contribution in [0.25, 0.3) is 10.9 Å². The second-order valence-electron chi connectivity index (χ2n) is 6.13. The lowest BCUT2D eigenvalue weighted by atomic mass is 9.86. The molecule has 0 aliphatic heterocycles. The Morgan fingerprint density at radius 3 is 2.77 bits per heavy atom. The molecule has 0 unspecified atom stereocenters. The maximum absolute atomic E-state index is 10.9. The molecule has 22 heavy (non-hydrogen) atoms. The summed E-state index contributed by atoms with van der Waals surface area (Å²) in [4.78, 5) is 15.4. The van der Waals surface area contributed by atoms with Gasteiger partial charge in [0.1, 0.15) is 0 Å². The second kappa shape index (κ2) is 6.88. The van der Waals surface area contributed by atoms with Crippen LogP contribution in [0.1, 0.15) is 31.2 Å². The van der Waals surface area contributed by atoms with Crippen molar-refractivity contribution in [2.75, 3.05) is 6.54 Å². The number of carboxylic acids is 1. The number of aromatic nitrogens is 1. The molecule has 0 bridgehead atoms. The summed E-state index contributed by atoms with van der Waals surface area (Å²) in [5, 5.41) is 13.7. The molecule has 1 aliphatic carbocycles. The summed E-state index contributed by atoms with van der Waals surface area (Å²) in [5.74, 6) is -0.775. The third-order valence-electron chi connectivity index (χ3n) is 4.57. The average Bonchev–Trinajstić information content (AvgIpc) is 2.55. The molecule has 0 spiro atoms. The Bertz CT molecular complexity index is 648. The van der Waals surface area contributed by atoms with Gasteiger partial charge < -0.3 is 10.4 Å². The minimum atomic E-state index is -0.638. The van der Waals surface area contributed by atoms with Crippen LogP contribution in [0.2, 0.25) is 0 Å². The van der Waals surface area contributed by atoms with Crippen LogP contribution in [0, 0.1) is 5.92 Å². The van der Waals surface area contributed by atoms with Crippen molar-refractivity contribution in [1.82, 2.24) is 10.3 Å². The summed E-state index contributed by atoms with van der Waals surface area (Å²) in [5.41, 5.74) is 2.27. The van der Waals surface area contributed by atoms with E-state index in [4.69, 9.17) is 5.11 Å². The molecule has 2 aromatic rings. The Kier molecular flexibility index (Phi) is 4.68. The smallest absolute Gasteiger partial charge is 0.306 e. The van der Waals surface area contributed by atoms with Gasteiger partial charge in [-0.1, -0.05) is 18.2 Å². The molecule has 4 nitrogen and oxygen atoms in total. The monoisotopic (exact) mass is 298 g/mol. The van der Waals surface area contributed by atoms with Crippen LogP contribution in [-0.2, 0) is 11.2 Å². The first-order valence-electron chi connectivity index (χ1n) is 8.02. The van der Waals surface area contributed by atoms with Gasteiger partial charge in [-0.3, -0.25) is 9.78 Å². The molecule has 116 valence electrons. The van der Waals surface area contributed by atoms with Crippen molar-refractivity contribution >= 4 is 16.9 Å². The van der Waals surface area contributed by atoms with Crippen LogP contribution >= 0.6 is 0 Å². The second-order valence-corrected chi connectivity index (χ2v) is 6.13. The van der Waals surface area contributed by atoms with Gasteiger partial charge in [-0.05, 0) is 56.3 Å². The molecule has 0 radical (unpaired) electrons. The summed E-state index contributed by atoms with van der Waals surface area (Å²) >= 11 is 0. The van der Waals surface area contributed by atoms with Crippen LogP contribution in [0.5, 0.6) is 0 Å². The average molecular weight is 298 g/mol. The molecule has 1 heterocycles. The molecule has 0 saturated heterocycles. The largest absolute Gasteiger partial charge is 0.481 e. The number of hydrogen-bond acceptors (Lipinski definition) is 3. The molecule has 1 aromatic heterocycles. The van der Waals surface area contributed by atoms with Gasteiger partial charge >= 0.3 is 5.97 Å². The normalized spacial score (nSPS) is 21.8. The summed E-state index contributed by atoms with van der Waals surface area (Å²) in [6.45, 7) is 0.919. The van der Waals surface area contributed by atoms with Gasteiger partial charge in [0.05, 0.1) is 11.4 Å². The van der Waals surface area contributed by atoms with Crippen molar-refractivity contribution in [3.05, 3.63) is 42.1 Å². The Balaban J connectivity index is 1.47. The molecule has 0 amide bonds. The SMILES string of the molecule is O=C(O)C1CCC(NCCc2cnc3ccccc3c2)CC1. The number of fused-ring (bicyclic) bond motifs is 1. The number of hydrogen-bond donors (Lipinski definition) is 2. The van der Waals surface area contributed by atoms with Gasteiger partial charge in [-0.2, -0.15) is 0 Å². The first-order chi connectivity index (χ1) is 10.7. The zero-order chi connectivity index (χ0) is 15.4. The van der Waals surface area contributed by atoms with E-state index < -0.39 is 5.97 Å². The highest BCUT2D eigenvalue weighted by Gasteiger charge is 2.25. The topological polar surface area (TPSA) is 62.2 Å². The van der Waals surface area contributed by atoms with Gasteiger partial charge in [0.15, 0.2) is 0 Å². The van der Waals surface area contributed by atoms with E-state index in [0.717, 1.165) is 44.2 Å². The number of carboxylic acid groups (broad SMARTS) is 1. The van der Waals surface area contributed by atoms with E-state index in [-0.39, 0.29) is 5.92 Å². The van der Waals surface area contributed by atoms with E-state index in [9.17, 15) is 4.79 Å². The first-order valence-corrected chi connectivity index (χ1v) is 8.02. The molecule has 1 aliphatic rings. The van der Waals surface area contributed by atoms with E-state index in [1.54, 1.807) is 0 Å². The molecular weight excluding hydrogens is 276 g/mol. The van der Waals surface area contributed by atoms with Crippen LogP contribution in [0.3, 0.4) is 0 Å². The van der Waals surface area contributed by atoms with Crippen LogP contribution in [0.15, 0.2) is 36.5 Å². The van der Waals surface area contributed by atoms with Crippen molar-refractivity contribution < 1.29 is 9.90 Å². The highest BCUT2D eigenvalue weighted by atomic mass is 16.4. The van der Waals surface area contributed by atoms with Gasteiger partial charge in [-0.25, -0.2) is 0 Å². The van der Waals surface area contributed by atoms with Crippen molar-refractivity contribution in [3.8, 4) is 0 Å². The van der Waals surface area contributed by atoms with E-state index in [1.807, 2.05) is 24.4 Å². The van der Waals surface area contributed by atoms with Crippen LogP contribution < -0.4 is 5.32 Å². The lowest BCUT2D eigenvalue weighted by molar-refractivity contribution is -0.142. The van der Waals surface area contributed by atoms with Crippen molar-refractivity contribution in [2.45, 2.75) is 38.1 Å². The highest BCUT2D eigenvalue weighted by Crippen LogP contribution is 2.24. The van der Waals surface area contributed by atoms with Crippen LogP contribution in [-0.4, -0.2) is 28.6 Å². The predicted molar refractivity (Wildman–Crippen MR) is 86.8 cm³/mol. The fourth-order valence-electron chi connectivity index (χ4n) is 3.22. The third-order valence-corrected chi connectivity index (χ3v) is 4.57. The number of para-hydroxylation sites is 1. The first kappa shape index (κ1) is 15.0. The Labute approximate surface area is 130 Å². The molecule has 1 saturated carbocycles. The van der Waals surface area contributed by atoms with Crippen molar-refractivity contribution in [3.63, 3.8) is 0 Å². The van der Waals surface area contributed by atoms with Crippen LogP contribution in [0.4, 0.5) is 0 Å². The molecular formula is C18H22N2O2. The number of nitrogens with zero attached hydrogens (tertiary/aromatic N) is 1. The Hall–Kier alpha value is -1.94. The van der Waals surface area contributed by atoms with E-state index >= 15 is 0 Å². The number of rotatable bonds is 5. The summed E-state index contributed by atoms with van der Waals surface area (Å²) < 4.78 is 0. The van der Waals surface area contributed by atoms with E-state index in [2.05, 4.69) is 22.4 Å². The molecule has 1 aromatic carbocycles. The maximum atomic E-state index is 10.9. The van der Waals surface area contributed by atoms with E-state index in [0.29, 0.717) is 6.04 Å². The Morgan fingerprint density at radius 2 is 2.00 bits per heavy atom. The minimum Gasteiger partial charge on any atom is -0.481 e. The highest BCUT2D eigenvalue weighted by molar-refractivity contribution is 5.78. The predicted octanol–water partition coefficient (Wildman–Crippen LogP) is 3.01. The fourth-order valence-corrected chi connectivity index (χ4v) is 3.22. The lowest BCUT2D eigenvalue weighted by Gasteiger charge is -2.26. The summed E-state index contributed by atoms with van der Waals surface area (Å²) in [6, 6.07) is 10.8. The number of benzene rings is 1. The standard InChI is InChI=1S/C18H22N2O2/c21-18(22)14-5-7-16(8-6-14)19-10-9-13-11-15-3-1-2-4-17(15)20-12-13/h1-4,11-12,14,16,19H,5-10H2,(H,21,22). The molecule has 2 N–H and O–H groups in total.